The maximum atomic E-state index is 13.5. The van der Waals surface area contributed by atoms with Crippen LogP contribution in [0.4, 0.5) is 0 Å². The van der Waals surface area contributed by atoms with Crippen LogP contribution in [0.15, 0.2) is 84.9 Å². The predicted octanol–water partition coefficient (Wildman–Crippen LogP) is 5.03. The number of ketones is 3. The Balaban J connectivity index is 2.23. The summed E-state index contributed by atoms with van der Waals surface area (Å²) in [7, 11) is 0. The quantitative estimate of drug-likeness (QED) is 0.361. The van der Waals surface area contributed by atoms with Gasteiger partial charge < -0.3 is 0 Å². The average molecular weight is 380 g/mol. The standard InChI is InChI=1S/C26H20O3/c1-17(27)25(29)26(18(2)28,23-15-7-11-19-9-3-5-13-21(19)23)24-16-8-12-20-10-4-6-14-22(20)24/h3-16H,1-2H3. The van der Waals surface area contributed by atoms with Crippen molar-refractivity contribution in [2.45, 2.75) is 19.3 Å². The van der Waals surface area contributed by atoms with Gasteiger partial charge in [0, 0.05) is 6.92 Å². The van der Waals surface area contributed by atoms with Gasteiger partial charge in [0.05, 0.1) is 0 Å². The van der Waals surface area contributed by atoms with Gasteiger partial charge in [-0.15, -0.1) is 0 Å². The molecule has 0 aliphatic heterocycles. The van der Waals surface area contributed by atoms with Crippen LogP contribution in [0, 0.1) is 0 Å². The summed E-state index contributed by atoms with van der Waals surface area (Å²) < 4.78 is 0. The van der Waals surface area contributed by atoms with E-state index in [1.807, 2.05) is 72.8 Å². The first kappa shape index (κ1) is 18.8. The molecule has 29 heavy (non-hydrogen) atoms. The Kier molecular flexibility index (Phi) is 4.59. The average Bonchev–Trinajstić information content (AvgIpc) is 2.74. The first-order valence-corrected chi connectivity index (χ1v) is 9.51. The molecule has 0 spiro atoms. The summed E-state index contributed by atoms with van der Waals surface area (Å²) in [6.45, 7) is 2.63. The van der Waals surface area contributed by atoms with Gasteiger partial charge in [0.1, 0.15) is 5.41 Å². The first-order valence-electron chi connectivity index (χ1n) is 9.51. The highest BCUT2D eigenvalue weighted by molar-refractivity contribution is 6.46. The van der Waals surface area contributed by atoms with E-state index in [1.54, 1.807) is 12.1 Å². The topological polar surface area (TPSA) is 51.2 Å². The van der Waals surface area contributed by atoms with Crippen LogP contribution in [-0.2, 0) is 19.8 Å². The molecule has 0 aliphatic carbocycles. The van der Waals surface area contributed by atoms with Gasteiger partial charge in [-0.3, -0.25) is 14.4 Å². The molecule has 4 aromatic carbocycles. The van der Waals surface area contributed by atoms with Crippen molar-refractivity contribution in [1.82, 2.24) is 0 Å². The Hall–Kier alpha value is -3.59. The maximum absolute atomic E-state index is 13.5. The Bertz CT molecular complexity index is 1190. The summed E-state index contributed by atoms with van der Waals surface area (Å²) >= 11 is 0. The van der Waals surface area contributed by atoms with Gasteiger partial charge in [-0.25, -0.2) is 0 Å². The number of carbonyl (C=O) groups excluding carboxylic acids is 3. The van der Waals surface area contributed by atoms with Crippen molar-refractivity contribution >= 4 is 38.9 Å². The van der Waals surface area contributed by atoms with E-state index in [0.29, 0.717) is 11.1 Å². The van der Waals surface area contributed by atoms with Crippen molar-refractivity contribution < 1.29 is 14.4 Å². The van der Waals surface area contributed by atoms with Gasteiger partial charge in [0.15, 0.2) is 11.6 Å². The summed E-state index contributed by atoms with van der Waals surface area (Å²) in [5.41, 5.74) is -0.618. The zero-order valence-electron chi connectivity index (χ0n) is 16.3. The molecule has 3 heteroatoms. The third kappa shape index (κ3) is 2.78. The second kappa shape index (κ2) is 7.10. The van der Waals surface area contributed by atoms with Gasteiger partial charge in [0.2, 0.25) is 5.78 Å². The maximum Gasteiger partial charge on any atom is 0.220 e. The molecule has 3 nitrogen and oxygen atoms in total. The zero-order chi connectivity index (χ0) is 20.6. The number of fused-ring (bicyclic) bond motifs is 2. The minimum absolute atomic E-state index is 0.370. The number of carbonyl (C=O) groups is 3. The Labute approximate surface area is 169 Å². The van der Waals surface area contributed by atoms with E-state index >= 15 is 0 Å². The molecule has 0 unspecified atom stereocenters. The van der Waals surface area contributed by atoms with Crippen LogP contribution < -0.4 is 0 Å². The second-order valence-electron chi connectivity index (χ2n) is 7.24. The minimum Gasteiger partial charge on any atom is -0.298 e. The largest absolute Gasteiger partial charge is 0.298 e. The van der Waals surface area contributed by atoms with Crippen LogP contribution in [0.5, 0.6) is 0 Å². The van der Waals surface area contributed by atoms with Crippen molar-refractivity contribution in [2.75, 3.05) is 0 Å². The lowest BCUT2D eigenvalue weighted by atomic mass is 9.65. The molecule has 0 bridgehead atoms. The molecule has 142 valence electrons. The number of rotatable bonds is 5. The molecular weight excluding hydrogens is 360 g/mol. The molecule has 0 aliphatic rings. The van der Waals surface area contributed by atoms with Crippen molar-refractivity contribution in [3.8, 4) is 0 Å². The zero-order valence-corrected chi connectivity index (χ0v) is 16.3. The van der Waals surface area contributed by atoms with Gasteiger partial charge in [0.25, 0.3) is 0 Å². The van der Waals surface area contributed by atoms with E-state index in [1.165, 1.54) is 13.8 Å². The highest BCUT2D eigenvalue weighted by Crippen LogP contribution is 2.41. The monoisotopic (exact) mass is 380 g/mol. The SMILES string of the molecule is CC(=O)C(=O)C(C(C)=O)(c1cccc2ccccc12)c1cccc2ccccc12. The van der Waals surface area contributed by atoms with Crippen LogP contribution in [-0.4, -0.2) is 17.3 Å². The fraction of sp³-hybridized carbons (Fsp3) is 0.115. The van der Waals surface area contributed by atoms with Crippen LogP contribution in [0.2, 0.25) is 0 Å². The van der Waals surface area contributed by atoms with Crippen LogP contribution in [0.3, 0.4) is 0 Å². The molecule has 0 atom stereocenters. The van der Waals surface area contributed by atoms with E-state index in [0.717, 1.165) is 21.5 Å². The summed E-state index contributed by atoms with van der Waals surface area (Å²) in [6, 6.07) is 26.3. The third-order valence-electron chi connectivity index (χ3n) is 5.58. The Morgan fingerprint density at radius 1 is 0.586 bits per heavy atom. The Morgan fingerprint density at radius 2 is 1.00 bits per heavy atom. The summed E-state index contributed by atoms with van der Waals surface area (Å²) in [5, 5.41) is 3.39. The van der Waals surface area contributed by atoms with E-state index in [9.17, 15) is 14.4 Å². The third-order valence-corrected chi connectivity index (χ3v) is 5.58. The highest BCUT2D eigenvalue weighted by atomic mass is 16.2. The van der Waals surface area contributed by atoms with E-state index in [2.05, 4.69) is 0 Å². The summed E-state index contributed by atoms with van der Waals surface area (Å²) in [6.07, 6.45) is 0. The predicted molar refractivity (Wildman–Crippen MR) is 115 cm³/mol. The number of Topliss-reactive ketones (excluding diaryl/α,β-unsaturated/α-hetero) is 3. The summed E-state index contributed by atoms with van der Waals surface area (Å²) in [5.74, 6) is -1.72. The van der Waals surface area contributed by atoms with Crippen LogP contribution >= 0.6 is 0 Å². The number of benzene rings is 4. The second-order valence-corrected chi connectivity index (χ2v) is 7.24. The van der Waals surface area contributed by atoms with Gasteiger partial charge in [-0.2, -0.15) is 0 Å². The Morgan fingerprint density at radius 3 is 1.41 bits per heavy atom. The lowest BCUT2D eigenvalue weighted by molar-refractivity contribution is -0.141. The molecular formula is C26H20O3. The summed E-state index contributed by atoms with van der Waals surface area (Å²) in [4.78, 5) is 39.3. The van der Waals surface area contributed by atoms with Crippen molar-refractivity contribution in [2.24, 2.45) is 0 Å². The van der Waals surface area contributed by atoms with Gasteiger partial charge >= 0.3 is 0 Å². The normalized spacial score (nSPS) is 11.5. The molecule has 0 amide bonds. The van der Waals surface area contributed by atoms with Crippen molar-refractivity contribution in [3.05, 3.63) is 96.1 Å². The molecule has 0 saturated carbocycles. The van der Waals surface area contributed by atoms with Crippen molar-refractivity contribution in [1.29, 1.82) is 0 Å². The smallest absolute Gasteiger partial charge is 0.220 e. The lowest BCUT2D eigenvalue weighted by Crippen LogP contribution is -2.47. The fourth-order valence-corrected chi connectivity index (χ4v) is 4.30. The number of hydrogen-bond donors (Lipinski definition) is 0. The van der Waals surface area contributed by atoms with Crippen LogP contribution in [0.25, 0.3) is 21.5 Å². The molecule has 4 aromatic rings. The van der Waals surface area contributed by atoms with E-state index < -0.39 is 17.0 Å². The molecule has 0 N–H and O–H groups in total. The highest BCUT2D eigenvalue weighted by Gasteiger charge is 2.49. The lowest BCUT2D eigenvalue weighted by Gasteiger charge is -2.32. The van der Waals surface area contributed by atoms with Crippen molar-refractivity contribution in [3.63, 3.8) is 0 Å². The van der Waals surface area contributed by atoms with Gasteiger partial charge in [-0.1, -0.05) is 84.9 Å². The molecule has 0 saturated heterocycles. The molecule has 0 fully saturated rings. The van der Waals surface area contributed by atoms with Gasteiger partial charge in [-0.05, 0) is 39.6 Å². The minimum atomic E-state index is -1.70. The number of hydrogen-bond acceptors (Lipinski definition) is 3. The molecule has 0 aromatic heterocycles. The first-order chi connectivity index (χ1) is 14.0. The van der Waals surface area contributed by atoms with E-state index in [4.69, 9.17) is 0 Å². The van der Waals surface area contributed by atoms with E-state index in [-0.39, 0.29) is 5.78 Å². The fourth-order valence-electron chi connectivity index (χ4n) is 4.30. The molecule has 0 radical (unpaired) electrons. The van der Waals surface area contributed by atoms with Crippen LogP contribution in [0.1, 0.15) is 25.0 Å². The molecule has 4 rings (SSSR count). The molecule has 0 heterocycles.